The second-order valence-corrected chi connectivity index (χ2v) is 7.74. The monoisotopic (exact) mass is 420 g/mol. The zero-order chi connectivity index (χ0) is 20.7. The molecule has 2 aliphatic heterocycles. The maximum atomic E-state index is 6.39. The Bertz CT molecular complexity index is 1110. The summed E-state index contributed by atoms with van der Waals surface area (Å²) < 4.78 is 17.1. The summed E-state index contributed by atoms with van der Waals surface area (Å²) >= 11 is 6.26. The normalized spacial score (nSPS) is 19.4. The molecule has 0 fully saturated rings. The van der Waals surface area contributed by atoms with Crippen LogP contribution in [0.15, 0.2) is 71.8 Å². The zero-order valence-electron chi connectivity index (χ0n) is 16.7. The van der Waals surface area contributed by atoms with Gasteiger partial charge < -0.3 is 14.2 Å². The van der Waals surface area contributed by atoms with Crippen LogP contribution >= 0.6 is 11.6 Å². The van der Waals surface area contributed by atoms with E-state index >= 15 is 0 Å². The smallest absolute Gasteiger partial charge is 0.213 e. The summed E-state index contributed by atoms with van der Waals surface area (Å²) in [5.74, 6) is 2.47. The van der Waals surface area contributed by atoms with Gasteiger partial charge in [-0.05, 0) is 60.2 Å². The first-order valence-corrected chi connectivity index (χ1v) is 10.1. The minimum atomic E-state index is -0.356. The number of benzene rings is 3. The molecule has 0 saturated carbocycles. The van der Waals surface area contributed by atoms with Crippen LogP contribution in [0.4, 0.5) is 0 Å². The van der Waals surface area contributed by atoms with Crippen LogP contribution in [0.2, 0.25) is 5.02 Å². The number of halogens is 1. The lowest BCUT2D eigenvalue weighted by Gasteiger charge is -2.38. The molecule has 5 rings (SSSR count). The highest BCUT2D eigenvalue weighted by Gasteiger charge is 2.41. The SMILES string of the molecule is COc1ccc(C2=NN3C(C2)c2cc(OC)ccc2OC3c2cccc(Cl)c2)cc1. The molecule has 0 spiro atoms. The lowest BCUT2D eigenvalue weighted by molar-refractivity contribution is -0.0191. The number of nitrogens with zero attached hydrogens (tertiary/aromatic N) is 2. The molecule has 0 radical (unpaired) electrons. The van der Waals surface area contributed by atoms with E-state index in [1.165, 1.54) is 0 Å². The number of hydrazone groups is 1. The van der Waals surface area contributed by atoms with Crippen LogP contribution in [0, 0.1) is 0 Å². The Morgan fingerprint density at radius 1 is 0.967 bits per heavy atom. The molecule has 0 amide bonds. The largest absolute Gasteiger partial charge is 0.497 e. The number of hydrogen-bond acceptors (Lipinski definition) is 5. The van der Waals surface area contributed by atoms with E-state index in [2.05, 4.69) is 0 Å². The first kappa shape index (κ1) is 18.8. The Hall–Kier alpha value is -3.18. The van der Waals surface area contributed by atoms with Crippen LogP contribution in [-0.4, -0.2) is 24.9 Å². The van der Waals surface area contributed by atoms with Crippen molar-refractivity contribution in [2.75, 3.05) is 14.2 Å². The minimum Gasteiger partial charge on any atom is -0.497 e. The fourth-order valence-electron chi connectivity index (χ4n) is 4.03. The van der Waals surface area contributed by atoms with Gasteiger partial charge in [0, 0.05) is 22.6 Å². The Morgan fingerprint density at radius 2 is 1.73 bits per heavy atom. The number of fused-ring (bicyclic) bond motifs is 3. The maximum Gasteiger partial charge on any atom is 0.213 e. The number of rotatable bonds is 4. The highest BCUT2D eigenvalue weighted by molar-refractivity contribution is 6.30. The molecule has 0 bridgehead atoms. The summed E-state index contributed by atoms with van der Waals surface area (Å²) in [6.07, 6.45) is 0.415. The fraction of sp³-hybridized carbons (Fsp3) is 0.208. The summed E-state index contributed by atoms with van der Waals surface area (Å²) in [5, 5.41) is 7.69. The molecule has 5 nitrogen and oxygen atoms in total. The average molecular weight is 421 g/mol. The van der Waals surface area contributed by atoms with E-state index in [1.807, 2.05) is 71.7 Å². The van der Waals surface area contributed by atoms with Gasteiger partial charge in [-0.3, -0.25) is 0 Å². The average Bonchev–Trinajstić information content (AvgIpc) is 3.24. The molecule has 152 valence electrons. The van der Waals surface area contributed by atoms with Gasteiger partial charge >= 0.3 is 0 Å². The van der Waals surface area contributed by atoms with Crippen molar-refractivity contribution in [3.8, 4) is 17.2 Å². The third kappa shape index (κ3) is 3.25. The second-order valence-electron chi connectivity index (χ2n) is 7.30. The summed E-state index contributed by atoms with van der Waals surface area (Å²) in [6.45, 7) is 0. The minimum absolute atomic E-state index is 0.0462. The topological polar surface area (TPSA) is 43.3 Å². The van der Waals surface area contributed by atoms with Crippen LogP contribution in [0.25, 0.3) is 0 Å². The van der Waals surface area contributed by atoms with Gasteiger partial charge in [0.1, 0.15) is 17.2 Å². The summed E-state index contributed by atoms with van der Waals surface area (Å²) in [7, 11) is 3.34. The molecule has 0 N–H and O–H groups in total. The van der Waals surface area contributed by atoms with Crippen molar-refractivity contribution >= 4 is 17.3 Å². The third-order valence-electron chi connectivity index (χ3n) is 5.55. The van der Waals surface area contributed by atoms with E-state index in [-0.39, 0.29) is 12.3 Å². The van der Waals surface area contributed by atoms with Gasteiger partial charge in [0.15, 0.2) is 0 Å². The predicted molar refractivity (Wildman–Crippen MR) is 117 cm³/mol. The standard InChI is InChI=1S/C24H21ClN2O3/c1-28-18-8-6-15(7-9-18)21-14-22-20-13-19(29-2)10-11-23(20)30-24(27(22)26-21)16-4-3-5-17(25)12-16/h3-13,22,24H,14H2,1-2H3. The number of methoxy groups -OCH3 is 2. The van der Waals surface area contributed by atoms with Crippen molar-refractivity contribution in [3.63, 3.8) is 0 Å². The van der Waals surface area contributed by atoms with Gasteiger partial charge in [-0.15, -0.1) is 0 Å². The van der Waals surface area contributed by atoms with Gasteiger partial charge in [0.25, 0.3) is 0 Å². The highest BCUT2D eigenvalue weighted by atomic mass is 35.5. The molecule has 0 aliphatic carbocycles. The molecular formula is C24H21ClN2O3. The Labute approximate surface area is 180 Å². The van der Waals surface area contributed by atoms with E-state index in [0.717, 1.165) is 46.1 Å². The second kappa shape index (κ2) is 7.58. The molecule has 30 heavy (non-hydrogen) atoms. The van der Waals surface area contributed by atoms with Crippen molar-refractivity contribution < 1.29 is 14.2 Å². The molecule has 6 heteroatoms. The van der Waals surface area contributed by atoms with Crippen molar-refractivity contribution in [2.45, 2.75) is 18.7 Å². The molecule has 3 aromatic rings. The third-order valence-corrected chi connectivity index (χ3v) is 5.79. The Balaban J connectivity index is 1.58. The Morgan fingerprint density at radius 3 is 2.47 bits per heavy atom. The molecule has 0 aromatic heterocycles. The summed E-state index contributed by atoms with van der Waals surface area (Å²) in [5.41, 5.74) is 4.11. The van der Waals surface area contributed by atoms with Gasteiger partial charge in [-0.2, -0.15) is 5.10 Å². The van der Waals surface area contributed by atoms with Gasteiger partial charge in [0.05, 0.1) is 26.0 Å². The molecule has 2 heterocycles. The lowest BCUT2D eigenvalue weighted by atomic mass is 9.95. The van der Waals surface area contributed by atoms with E-state index in [9.17, 15) is 0 Å². The van der Waals surface area contributed by atoms with Crippen molar-refractivity contribution in [2.24, 2.45) is 5.10 Å². The predicted octanol–water partition coefficient (Wildman–Crippen LogP) is 5.60. The molecule has 2 atom stereocenters. The Kier molecular flexibility index (Phi) is 4.75. The van der Waals surface area contributed by atoms with Crippen LogP contribution in [0.3, 0.4) is 0 Å². The molecule has 0 saturated heterocycles. The quantitative estimate of drug-likeness (QED) is 0.551. The van der Waals surface area contributed by atoms with Crippen LogP contribution in [0.1, 0.15) is 35.4 Å². The van der Waals surface area contributed by atoms with Crippen LogP contribution in [-0.2, 0) is 0 Å². The van der Waals surface area contributed by atoms with E-state index in [4.69, 9.17) is 30.9 Å². The van der Waals surface area contributed by atoms with E-state index < -0.39 is 0 Å². The van der Waals surface area contributed by atoms with Gasteiger partial charge in [-0.25, -0.2) is 5.01 Å². The molecule has 2 unspecified atom stereocenters. The number of hydrogen-bond donors (Lipinski definition) is 0. The lowest BCUT2D eigenvalue weighted by Crippen LogP contribution is -2.33. The van der Waals surface area contributed by atoms with Crippen LogP contribution < -0.4 is 14.2 Å². The fourth-order valence-corrected chi connectivity index (χ4v) is 4.23. The maximum absolute atomic E-state index is 6.39. The van der Waals surface area contributed by atoms with Crippen molar-refractivity contribution in [1.29, 1.82) is 0 Å². The molecular weight excluding hydrogens is 400 g/mol. The first-order chi connectivity index (χ1) is 14.7. The summed E-state index contributed by atoms with van der Waals surface area (Å²) in [4.78, 5) is 0. The molecule has 3 aromatic carbocycles. The number of ether oxygens (including phenoxy) is 3. The van der Waals surface area contributed by atoms with E-state index in [1.54, 1.807) is 14.2 Å². The zero-order valence-corrected chi connectivity index (χ0v) is 17.5. The highest BCUT2D eigenvalue weighted by Crippen LogP contribution is 2.48. The first-order valence-electron chi connectivity index (χ1n) is 9.76. The van der Waals surface area contributed by atoms with Crippen molar-refractivity contribution in [3.05, 3.63) is 88.4 Å². The van der Waals surface area contributed by atoms with Gasteiger partial charge in [0.2, 0.25) is 6.23 Å². The van der Waals surface area contributed by atoms with Crippen LogP contribution in [0.5, 0.6) is 17.2 Å². The van der Waals surface area contributed by atoms with Gasteiger partial charge in [-0.1, -0.05) is 23.7 Å². The summed E-state index contributed by atoms with van der Waals surface area (Å²) in [6, 6.07) is 21.7. The van der Waals surface area contributed by atoms with Crippen molar-refractivity contribution in [1.82, 2.24) is 5.01 Å². The molecule has 2 aliphatic rings. The van der Waals surface area contributed by atoms with E-state index in [0.29, 0.717) is 5.02 Å².